The maximum absolute atomic E-state index is 13.2. The van der Waals surface area contributed by atoms with E-state index in [2.05, 4.69) is 10.3 Å². The second-order valence-electron chi connectivity index (χ2n) is 7.34. The van der Waals surface area contributed by atoms with Crippen molar-refractivity contribution in [3.63, 3.8) is 0 Å². The van der Waals surface area contributed by atoms with Gasteiger partial charge in [0.1, 0.15) is 5.75 Å². The van der Waals surface area contributed by atoms with Crippen LogP contribution in [0.3, 0.4) is 0 Å². The van der Waals surface area contributed by atoms with Gasteiger partial charge in [0.2, 0.25) is 5.91 Å². The van der Waals surface area contributed by atoms with Crippen LogP contribution in [0.1, 0.15) is 17.5 Å². The Labute approximate surface area is 198 Å². The number of hydrogen-bond acceptors (Lipinski definition) is 5. The maximum Gasteiger partial charge on any atom is 0.418 e. The number of alkyl halides is 3. The third-order valence-corrected chi connectivity index (χ3v) is 5.96. The first-order valence-corrected chi connectivity index (χ1v) is 11.3. The largest absolute Gasteiger partial charge is 0.497 e. The predicted octanol–water partition coefficient (Wildman–Crippen LogP) is 6.64. The monoisotopic (exact) mass is 483 g/mol. The predicted molar refractivity (Wildman–Crippen MR) is 130 cm³/mol. The number of nitrogens with zero attached hydrogens (tertiary/aromatic N) is 2. The fourth-order valence-electron chi connectivity index (χ4n) is 3.38. The molecule has 0 spiro atoms. The summed E-state index contributed by atoms with van der Waals surface area (Å²) in [5.41, 5.74) is 1.80. The van der Waals surface area contributed by atoms with Crippen molar-refractivity contribution < 1.29 is 22.7 Å². The lowest BCUT2D eigenvalue weighted by Crippen LogP contribution is -2.19. The summed E-state index contributed by atoms with van der Waals surface area (Å²) in [5.74, 6) is 0.0341. The second-order valence-corrected chi connectivity index (χ2v) is 8.39. The molecule has 34 heavy (non-hydrogen) atoms. The molecule has 0 saturated carbocycles. The van der Waals surface area contributed by atoms with Gasteiger partial charge in [-0.15, -0.1) is 11.8 Å². The number of fused-ring (bicyclic) bond motifs is 1. The lowest BCUT2D eigenvalue weighted by atomic mass is 10.1. The first-order chi connectivity index (χ1) is 16.3. The summed E-state index contributed by atoms with van der Waals surface area (Å²) in [4.78, 5) is 21.9. The van der Waals surface area contributed by atoms with Gasteiger partial charge in [0, 0.05) is 12.0 Å². The molecule has 0 saturated heterocycles. The van der Waals surface area contributed by atoms with Crippen LogP contribution < -0.4 is 10.1 Å². The molecular weight excluding hydrogens is 463 g/mol. The number of aliphatic imine (C=N–C) groups is 2. The minimum Gasteiger partial charge on any atom is -0.497 e. The molecule has 0 bridgehead atoms. The van der Waals surface area contributed by atoms with Gasteiger partial charge >= 0.3 is 6.18 Å². The number of hydrogen-bond donors (Lipinski definition) is 1. The Bertz CT molecular complexity index is 1270. The molecule has 1 aliphatic heterocycles. The number of thioether (sulfide) groups is 1. The van der Waals surface area contributed by atoms with Crippen molar-refractivity contribution in [2.24, 2.45) is 9.98 Å². The number of carbonyl (C=O) groups excluding carboxylic acids is 1. The highest BCUT2D eigenvalue weighted by Crippen LogP contribution is 2.35. The molecule has 9 heteroatoms. The van der Waals surface area contributed by atoms with Crippen molar-refractivity contribution in [3.05, 3.63) is 83.9 Å². The number of methoxy groups -OCH3 is 1. The van der Waals surface area contributed by atoms with Crippen LogP contribution in [-0.4, -0.2) is 29.5 Å². The third-order valence-electron chi connectivity index (χ3n) is 4.98. The van der Waals surface area contributed by atoms with Crippen molar-refractivity contribution >= 4 is 45.5 Å². The Morgan fingerprint density at radius 2 is 1.71 bits per heavy atom. The average molecular weight is 484 g/mol. The molecule has 4 rings (SSSR count). The smallest absolute Gasteiger partial charge is 0.418 e. The van der Waals surface area contributed by atoms with Crippen LogP contribution in [0.4, 0.5) is 30.2 Å². The van der Waals surface area contributed by atoms with Crippen molar-refractivity contribution in [3.8, 4) is 5.75 Å². The first-order valence-electron chi connectivity index (χ1n) is 10.3. The number of nitrogens with one attached hydrogen (secondary N) is 1. The van der Waals surface area contributed by atoms with Crippen LogP contribution in [0.2, 0.25) is 0 Å². The summed E-state index contributed by atoms with van der Waals surface area (Å²) in [6.07, 6.45) is -4.20. The second kappa shape index (κ2) is 10.1. The quantitative estimate of drug-likeness (QED) is 0.443. The van der Waals surface area contributed by atoms with Crippen LogP contribution >= 0.6 is 11.8 Å². The highest BCUT2D eigenvalue weighted by atomic mass is 32.2. The molecule has 1 heterocycles. The average Bonchev–Trinajstić information content (AvgIpc) is 3.02. The van der Waals surface area contributed by atoms with Gasteiger partial charge in [-0.05, 0) is 36.4 Å². The summed E-state index contributed by atoms with van der Waals surface area (Å²) in [7, 11) is 1.58. The maximum atomic E-state index is 13.2. The zero-order valence-corrected chi connectivity index (χ0v) is 18.9. The Kier molecular flexibility index (Phi) is 7.02. The number of rotatable bonds is 5. The third kappa shape index (κ3) is 5.66. The number of halogens is 3. The van der Waals surface area contributed by atoms with Gasteiger partial charge in [-0.3, -0.25) is 9.79 Å². The van der Waals surface area contributed by atoms with Crippen molar-refractivity contribution in [1.82, 2.24) is 0 Å². The van der Waals surface area contributed by atoms with Gasteiger partial charge in [0.05, 0.1) is 46.2 Å². The molecule has 1 N–H and O–H groups in total. The van der Waals surface area contributed by atoms with Gasteiger partial charge in [-0.25, -0.2) is 4.99 Å². The molecule has 0 atom stereocenters. The van der Waals surface area contributed by atoms with Gasteiger partial charge in [-0.1, -0.05) is 36.4 Å². The number of anilines is 1. The molecule has 0 aliphatic carbocycles. The molecule has 3 aromatic rings. The van der Waals surface area contributed by atoms with E-state index in [1.807, 2.05) is 48.5 Å². The van der Waals surface area contributed by atoms with E-state index in [0.717, 1.165) is 17.3 Å². The highest BCUT2D eigenvalue weighted by molar-refractivity contribution is 8.14. The van der Waals surface area contributed by atoms with Crippen molar-refractivity contribution in [2.75, 3.05) is 18.2 Å². The van der Waals surface area contributed by atoms with E-state index in [4.69, 9.17) is 9.73 Å². The Balaban J connectivity index is 1.54. The summed E-state index contributed by atoms with van der Waals surface area (Å²) in [5, 5.41) is 3.00. The zero-order valence-electron chi connectivity index (χ0n) is 18.1. The Morgan fingerprint density at radius 3 is 2.44 bits per heavy atom. The van der Waals surface area contributed by atoms with E-state index in [1.165, 1.54) is 30.0 Å². The van der Waals surface area contributed by atoms with E-state index < -0.39 is 17.6 Å². The summed E-state index contributed by atoms with van der Waals surface area (Å²) in [6.45, 7) is 0. The number of amides is 1. The Morgan fingerprint density at radius 1 is 1.00 bits per heavy atom. The molecule has 3 aromatic carbocycles. The highest BCUT2D eigenvalue weighted by Gasteiger charge is 2.33. The minimum atomic E-state index is -4.56. The SMILES string of the molecule is COc1cccc(C2=Nc3ccccc3N=C(SCC(=O)Nc3ccccc3C(F)(F)F)C2)c1. The number of para-hydroxylation sites is 3. The fraction of sp³-hybridized carbons (Fsp3) is 0.160. The van der Waals surface area contributed by atoms with E-state index in [1.54, 1.807) is 7.11 Å². The van der Waals surface area contributed by atoms with E-state index in [9.17, 15) is 18.0 Å². The zero-order chi connectivity index (χ0) is 24.1. The van der Waals surface area contributed by atoms with Gasteiger partial charge in [-0.2, -0.15) is 13.2 Å². The number of carbonyl (C=O) groups is 1. The van der Waals surface area contributed by atoms with Crippen LogP contribution in [0.5, 0.6) is 5.75 Å². The van der Waals surface area contributed by atoms with Crippen molar-refractivity contribution in [1.29, 1.82) is 0 Å². The fourth-order valence-corrected chi connectivity index (χ4v) is 4.15. The van der Waals surface area contributed by atoms with Crippen LogP contribution in [0, 0.1) is 0 Å². The molecule has 174 valence electrons. The standard InChI is InChI=1S/C25H20F3N3O2S/c1-33-17-8-6-7-16(13-17)22-14-24(31-21-12-5-4-11-20(21)29-22)34-15-23(32)30-19-10-3-2-9-18(19)25(26,27)28/h2-13H,14-15H2,1H3,(H,30,32). The Hall–Kier alpha value is -3.59. The lowest BCUT2D eigenvalue weighted by molar-refractivity contribution is -0.137. The van der Waals surface area contributed by atoms with E-state index >= 15 is 0 Å². The number of ether oxygens (including phenoxy) is 1. The normalized spacial score (nSPS) is 13.3. The molecular formula is C25H20F3N3O2S. The summed E-state index contributed by atoms with van der Waals surface area (Å²) in [6, 6.07) is 19.8. The van der Waals surface area contributed by atoms with E-state index in [0.29, 0.717) is 28.6 Å². The minimum absolute atomic E-state index is 0.0986. The first kappa shape index (κ1) is 23.6. The molecule has 1 amide bonds. The summed E-state index contributed by atoms with van der Waals surface area (Å²) >= 11 is 1.17. The van der Waals surface area contributed by atoms with Gasteiger partial charge in [0.25, 0.3) is 0 Å². The molecule has 5 nitrogen and oxygen atoms in total. The number of benzene rings is 3. The van der Waals surface area contributed by atoms with E-state index in [-0.39, 0.29) is 11.4 Å². The molecule has 0 fully saturated rings. The molecule has 1 aliphatic rings. The summed E-state index contributed by atoms with van der Waals surface area (Å²) < 4.78 is 45.0. The van der Waals surface area contributed by atoms with Crippen LogP contribution in [-0.2, 0) is 11.0 Å². The van der Waals surface area contributed by atoms with Gasteiger partial charge < -0.3 is 10.1 Å². The molecule has 0 radical (unpaired) electrons. The lowest BCUT2D eigenvalue weighted by Gasteiger charge is -2.13. The topological polar surface area (TPSA) is 63.1 Å². The van der Waals surface area contributed by atoms with Crippen molar-refractivity contribution in [2.45, 2.75) is 12.6 Å². The van der Waals surface area contributed by atoms with Crippen LogP contribution in [0.15, 0.2) is 82.8 Å². The molecule has 0 aromatic heterocycles. The van der Waals surface area contributed by atoms with Gasteiger partial charge in [0.15, 0.2) is 0 Å². The van der Waals surface area contributed by atoms with Crippen LogP contribution in [0.25, 0.3) is 0 Å². The molecule has 0 unspecified atom stereocenters.